The molecule has 1 N–H and O–H groups in total. The van der Waals surface area contributed by atoms with E-state index in [9.17, 15) is 9.59 Å². The number of rotatable bonds is 3. The molecule has 5 heteroatoms. The Kier molecular flexibility index (Phi) is 4.65. The summed E-state index contributed by atoms with van der Waals surface area (Å²) in [4.78, 5) is 27.0. The van der Waals surface area contributed by atoms with E-state index in [4.69, 9.17) is 4.74 Å². The molecule has 2 fully saturated rings. The number of hydrogen-bond acceptors (Lipinski definition) is 3. The van der Waals surface area contributed by atoms with Crippen molar-refractivity contribution in [3.8, 4) is 5.75 Å². The van der Waals surface area contributed by atoms with Gasteiger partial charge in [-0.3, -0.25) is 9.59 Å². The third kappa shape index (κ3) is 3.11. The highest BCUT2D eigenvalue weighted by molar-refractivity contribution is 5.85. The molecule has 2 atom stereocenters. The topological polar surface area (TPSA) is 58.6 Å². The van der Waals surface area contributed by atoms with Crippen LogP contribution in [0, 0.1) is 11.8 Å². The minimum atomic E-state index is -0.0345. The molecule has 0 radical (unpaired) electrons. The molecule has 2 amide bonds. The molecule has 146 valence electrons. The zero-order valence-corrected chi connectivity index (χ0v) is 16.6. The highest BCUT2D eigenvalue weighted by Gasteiger charge is 2.62. The van der Waals surface area contributed by atoms with Crippen LogP contribution in [0.25, 0.3) is 0 Å². The van der Waals surface area contributed by atoms with Gasteiger partial charge in [0.2, 0.25) is 11.8 Å². The van der Waals surface area contributed by atoms with Gasteiger partial charge in [0.05, 0.1) is 6.61 Å². The molecule has 1 aromatic rings. The molecule has 1 saturated heterocycles. The van der Waals surface area contributed by atoms with Crippen LogP contribution in [-0.2, 0) is 15.0 Å². The minimum Gasteiger partial charge on any atom is -0.493 e. The monoisotopic (exact) mass is 370 g/mol. The normalized spacial score (nSPS) is 27.3. The largest absolute Gasteiger partial charge is 0.493 e. The van der Waals surface area contributed by atoms with Gasteiger partial charge >= 0.3 is 0 Å². The first-order valence-electron chi connectivity index (χ1n) is 10.2. The van der Waals surface area contributed by atoms with Gasteiger partial charge in [0.1, 0.15) is 5.75 Å². The Bertz CT molecular complexity index is 752. The Hall–Kier alpha value is -2.04. The molecular formula is C22H30N2O3. The van der Waals surface area contributed by atoms with E-state index in [1.165, 1.54) is 11.1 Å². The van der Waals surface area contributed by atoms with Gasteiger partial charge in [-0.25, -0.2) is 0 Å². The van der Waals surface area contributed by atoms with Gasteiger partial charge < -0.3 is 15.0 Å². The van der Waals surface area contributed by atoms with E-state index in [-0.39, 0.29) is 29.1 Å². The predicted octanol–water partition coefficient (Wildman–Crippen LogP) is 2.83. The molecule has 2 heterocycles. The number of carbonyl (C=O) groups is 2. The zero-order valence-electron chi connectivity index (χ0n) is 16.6. The summed E-state index contributed by atoms with van der Waals surface area (Å²) >= 11 is 0. The number of carbonyl (C=O) groups excluding carboxylic acids is 2. The molecule has 0 aromatic heterocycles. The van der Waals surface area contributed by atoms with Crippen molar-refractivity contribution in [2.75, 3.05) is 26.7 Å². The standard InChI is InChI=1S/C22H30N2O3/c1-14(2)16-4-5-19-17(12-16)22(8-11-27-19)13-18(22)21(26)24-9-6-15(7-10-24)20(25)23-3/h4-5,12,14-15,18H,6-11,13H2,1-3H3,(H,23,25)/t18-,22-/m0/s1. The second-order valence-electron chi connectivity index (χ2n) is 8.64. The first-order valence-corrected chi connectivity index (χ1v) is 10.2. The van der Waals surface area contributed by atoms with Crippen molar-refractivity contribution >= 4 is 11.8 Å². The number of piperidine rings is 1. The number of hydrogen-bond donors (Lipinski definition) is 1. The summed E-state index contributed by atoms with van der Waals surface area (Å²) < 4.78 is 5.89. The molecule has 0 bridgehead atoms. The number of benzene rings is 1. The Balaban J connectivity index is 1.49. The Morgan fingerprint density at radius 3 is 2.67 bits per heavy atom. The maximum Gasteiger partial charge on any atom is 0.226 e. The lowest BCUT2D eigenvalue weighted by Gasteiger charge is -2.33. The smallest absolute Gasteiger partial charge is 0.226 e. The summed E-state index contributed by atoms with van der Waals surface area (Å²) in [6.07, 6.45) is 3.39. The molecule has 5 nitrogen and oxygen atoms in total. The van der Waals surface area contributed by atoms with Crippen LogP contribution in [0.15, 0.2) is 18.2 Å². The first-order chi connectivity index (χ1) is 13.0. The fraction of sp³-hybridized carbons (Fsp3) is 0.636. The molecule has 2 aliphatic heterocycles. The maximum atomic E-state index is 13.2. The summed E-state index contributed by atoms with van der Waals surface area (Å²) in [5, 5.41) is 2.73. The molecule has 1 saturated carbocycles. The molecule has 1 aliphatic carbocycles. The van der Waals surface area contributed by atoms with Crippen LogP contribution in [0.2, 0.25) is 0 Å². The Labute approximate surface area is 161 Å². The number of amides is 2. The first kappa shape index (κ1) is 18.3. The Morgan fingerprint density at radius 2 is 2.00 bits per heavy atom. The molecule has 0 unspecified atom stereocenters. The van der Waals surface area contributed by atoms with E-state index < -0.39 is 0 Å². The van der Waals surface area contributed by atoms with Crippen LogP contribution in [0.1, 0.15) is 56.6 Å². The number of fused-ring (bicyclic) bond motifs is 2. The van der Waals surface area contributed by atoms with E-state index in [0.29, 0.717) is 25.6 Å². The summed E-state index contributed by atoms with van der Waals surface area (Å²) in [7, 11) is 1.68. The highest BCUT2D eigenvalue weighted by atomic mass is 16.5. The van der Waals surface area contributed by atoms with Crippen LogP contribution in [0.5, 0.6) is 5.75 Å². The molecular weight excluding hydrogens is 340 g/mol. The molecule has 3 aliphatic rings. The van der Waals surface area contributed by atoms with Crippen molar-refractivity contribution in [1.29, 1.82) is 0 Å². The van der Waals surface area contributed by atoms with Crippen molar-refractivity contribution in [3.05, 3.63) is 29.3 Å². The van der Waals surface area contributed by atoms with Gasteiger partial charge in [-0.15, -0.1) is 0 Å². The number of ether oxygens (including phenoxy) is 1. The summed E-state index contributed by atoms with van der Waals surface area (Å²) in [6, 6.07) is 6.50. The van der Waals surface area contributed by atoms with E-state index in [1.54, 1.807) is 7.05 Å². The van der Waals surface area contributed by atoms with E-state index >= 15 is 0 Å². The fourth-order valence-corrected chi connectivity index (χ4v) is 4.89. The summed E-state index contributed by atoms with van der Waals surface area (Å²) in [5.74, 6) is 1.91. The third-order valence-electron chi connectivity index (χ3n) is 6.81. The maximum absolute atomic E-state index is 13.2. The van der Waals surface area contributed by atoms with Crippen molar-refractivity contribution in [3.63, 3.8) is 0 Å². The predicted molar refractivity (Wildman–Crippen MR) is 104 cm³/mol. The van der Waals surface area contributed by atoms with Gasteiger partial charge in [0, 0.05) is 43.0 Å². The SMILES string of the molecule is CNC(=O)C1CCN(C(=O)[C@@H]2C[C@]23CCOc2ccc(C(C)C)cc23)CC1. The number of likely N-dealkylation sites (tertiary alicyclic amines) is 1. The summed E-state index contributed by atoms with van der Waals surface area (Å²) in [5.41, 5.74) is 2.51. The van der Waals surface area contributed by atoms with Gasteiger partial charge in [-0.1, -0.05) is 26.0 Å². The average molecular weight is 370 g/mol. The van der Waals surface area contributed by atoms with E-state index in [2.05, 4.69) is 37.4 Å². The third-order valence-corrected chi connectivity index (χ3v) is 6.81. The number of nitrogens with zero attached hydrogens (tertiary/aromatic N) is 1. The van der Waals surface area contributed by atoms with Gasteiger partial charge in [0.25, 0.3) is 0 Å². The average Bonchev–Trinajstić information content (AvgIpc) is 3.41. The Morgan fingerprint density at radius 1 is 1.26 bits per heavy atom. The lowest BCUT2D eigenvalue weighted by molar-refractivity contribution is -0.137. The van der Waals surface area contributed by atoms with Gasteiger partial charge in [0.15, 0.2) is 0 Å². The van der Waals surface area contributed by atoms with Crippen LogP contribution in [-0.4, -0.2) is 43.5 Å². The fourth-order valence-electron chi connectivity index (χ4n) is 4.89. The van der Waals surface area contributed by atoms with Crippen LogP contribution in [0.3, 0.4) is 0 Å². The van der Waals surface area contributed by atoms with Crippen molar-refractivity contribution < 1.29 is 14.3 Å². The van der Waals surface area contributed by atoms with Gasteiger partial charge in [-0.2, -0.15) is 0 Å². The van der Waals surface area contributed by atoms with Crippen LogP contribution in [0.4, 0.5) is 0 Å². The van der Waals surface area contributed by atoms with Gasteiger partial charge in [-0.05, 0) is 43.2 Å². The van der Waals surface area contributed by atoms with Crippen molar-refractivity contribution in [1.82, 2.24) is 10.2 Å². The zero-order chi connectivity index (χ0) is 19.2. The second kappa shape index (κ2) is 6.84. The lowest BCUT2D eigenvalue weighted by atomic mass is 9.84. The quantitative estimate of drug-likeness (QED) is 0.890. The number of nitrogens with one attached hydrogen (secondary N) is 1. The van der Waals surface area contributed by atoms with Crippen LogP contribution < -0.4 is 10.1 Å². The van der Waals surface area contributed by atoms with Crippen molar-refractivity contribution in [2.24, 2.45) is 11.8 Å². The van der Waals surface area contributed by atoms with E-state index in [1.807, 2.05) is 4.90 Å². The second-order valence-corrected chi connectivity index (χ2v) is 8.64. The minimum absolute atomic E-state index is 0.0345. The lowest BCUT2D eigenvalue weighted by Crippen LogP contribution is -2.44. The molecule has 1 spiro atoms. The van der Waals surface area contributed by atoms with Crippen molar-refractivity contribution in [2.45, 2.75) is 50.9 Å². The highest BCUT2D eigenvalue weighted by Crippen LogP contribution is 2.61. The molecule has 27 heavy (non-hydrogen) atoms. The van der Waals surface area contributed by atoms with Crippen LogP contribution >= 0.6 is 0 Å². The summed E-state index contributed by atoms with van der Waals surface area (Å²) in [6.45, 7) is 6.47. The van der Waals surface area contributed by atoms with E-state index in [0.717, 1.165) is 31.4 Å². The molecule has 4 rings (SSSR count). The molecule has 1 aromatic carbocycles.